The van der Waals surface area contributed by atoms with Crippen LogP contribution in [-0.4, -0.2) is 52.9 Å². The predicted molar refractivity (Wildman–Crippen MR) is 116 cm³/mol. The summed E-state index contributed by atoms with van der Waals surface area (Å²) in [7, 11) is 0. The summed E-state index contributed by atoms with van der Waals surface area (Å²) in [6.07, 6.45) is 5.99. The molecular formula is C23H31BrN2O3. The average molecular weight is 463 g/mol. The minimum atomic E-state index is -0.362. The van der Waals surface area contributed by atoms with Gasteiger partial charge in [-0.05, 0) is 42.3 Å². The van der Waals surface area contributed by atoms with E-state index in [0.29, 0.717) is 25.3 Å². The first-order chi connectivity index (χ1) is 13.6. The van der Waals surface area contributed by atoms with Crippen molar-refractivity contribution in [1.82, 2.24) is 9.80 Å². The Bertz CT molecular complexity index is 772. The molecule has 3 unspecified atom stereocenters. The summed E-state index contributed by atoms with van der Waals surface area (Å²) in [5.74, 6) is 0.770. The quantitative estimate of drug-likeness (QED) is 0.696. The van der Waals surface area contributed by atoms with Crippen molar-refractivity contribution in [1.29, 1.82) is 0 Å². The Morgan fingerprint density at radius 3 is 2.31 bits per heavy atom. The molecule has 2 heterocycles. The molecule has 2 saturated heterocycles. The van der Waals surface area contributed by atoms with Crippen LogP contribution in [0.3, 0.4) is 0 Å². The highest BCUT2D eigenvalue weighted by Crippen LogP contribution is 2.49. The third kappa shape index (κ3) is 3.68. The van der Waals surface area contributed by atoms with Gasteiger partial charge in [-0.25, -0.2) is 0 Å². The number of hydrogen-bond donors (Lipinski definition) is 1. The smallest absolute Gasteiger partial charge is 0.229 e. The van der Waals surface area contributed by atoms with Crippen LogP contribution in [0.1, 0.15) is 68.1 Å². The number of fused-ring (bicyclic) bond motifs is 3. The van der Waals surface area contributed by atoms with Crippen LogP contribution in [-0.2, 0) is 9.59 Å². The highest BCUT2D eigenvalue weighted by atomic mass is 79.9. The van der Waals surface area contributed by atoms with E-state index in [9.17, 15) is 14.7 Å². The highest BCUT2D eigenvalue weighted by molar-refractivity contribution is 8.93. The fourth-order valence-electron chi connectivity index (χ4n) is 6.31. The summed E-state index contributed by atoms with van der Waals surface area (Å²) >= 11 is 0. The summed E-state index contributed by atoms with van der Waals surface area (Å²) in [6.45, 7) is 3.28. The second-order valence-corrected chi connectivity index (χ2v) is 9.46. The van der Waals surface area contributed by atoms with Crippen LogP contribution in [0.4, 0.5) is 0 Å². The molecule has 1 spiro atoms. The van der Waals surface area contributed by atoms with E-state index in [-0.39, 0.29) is 46.2 Å². The molecule has 0 aromatic heterocycles. The Morgan fingerprint density at radius 2 is 1.62 bits per heavy atom. The van der Waals surface area contributed by atoms with Gasteiger partial charge in [0.2, 0.25) is 11.8 Å². The number of piperidine rings is 1. The normalized spacial score (nSPS) is 30.5. The van der Waals surface area contributed by atoms with Crippen LogP contribution < -0.4 is 0 Å². The maximum Gasteiger partial charge on any atom is 0.229 e. The van der Waals surface area contributed by atoms with Gasteiger partial charge in [0.1, 0.15) is 0 Å². The first kappa shape index (κ1) is 21.0. The number of carbonyl (C=O) groups excluding carboxylic acids is 2. The second kappa shape index (κ2) is 8.12. The SMILES string of the molecule is Br.O=C1CC2(CCCC2)CC(=O)N1CCCN1CC2c3ccccc3C(O)C2C1. The standard InChI is InChI=1S/C23H30N2O3.BrH/c26-20-12-23(8-3-4-9-23)13-21(27)25(20)11-5-10-24-14-18-16-6-1-2-7-17(16)22(28)19(18)15-24;/h1-2,6-7,18-19,22,28H,3-5,8-15H2;1H. The third-order valence-corrected chi connectivity index (χ3v) is 7.74. The molecule has 1 N–H and O–H groups in total. The molecule has 6 heteroatoms. The molecule has 1 aromatic carbocycles. The van der Waals surface area contributed by atoms with E-state index in [2.05, 4.69) is 17.0 Å². The lowest BCUT2D eigenvalue weighted by Crippen LogP contribution is -2.47. The van der Waals surface area contributed by atoms with Gasteiger partial charge in [-0.3, -0.25) is 14.5 Å². The molecule has 3 fully saturated rings. The minimum absolute atomic E-state index is 0. The summed E-state index contributed by atoms with van der Waals surface area (Å²) in [5.41, 5.74) is 2.38. The third-order valence-electron chi connectivity index (χ3n) is 7.74. The van der Waals surface area contributed by atoms with Crippen LogP contribution >= 0.6 is 17.0 Å². The Labute approximate surface area is 183 Å². The summed E-state index contributed by atoms with van der Waals surface area (Å²) < 4.78 is 0. The number of likely N-dealkylation sites (tertiary alicyclic amines) is 2. The van der Waals surface area contributed by atoms with Crippen molar-refractivity contribution in [2.75, 3.05) is 26.2 Å². The van der Waals surface area contributed by atoms with Gasteiger partial charge in [-0.2, -0.15) is 0 Å². The number of halogens is 1. The number of amides is 2. The number of rotatable bonds is 4. The lowest BCUT2D eigenvalue weighted by Gasteiger charge is -2.37. The minimum Gasteiger partial charge on any atom is -0.388 e. The van der Waals surface area contributed by atoms with Gasteiger partial charge < -0.3 is 10.0 Å². The van der Waals surface area contributed by atoms with Gasteiger partial charge in [0, 0.05) is 44.3 Å². The Morgan fingerprint density at radius 1 is 0.966 bits per heavy atom. The number of aliphatic hydroxyl groups is 1. The predicted octanol–water partition coefficient (Wildman–Crippen LogP) is 3.43. The molecule has 2 aliphatic carbocycles. The average Bonchev–Trinajstić information content (AvgIpc) is 3.36. The Hall–Kier alpha value is -1.24. The molecule has 3 atom stereocenters. The lowest BCUT2D eigenvalue weighted by molar-refractivity contribution is -0.153. The van der Waals surface area contributed by atoms with E-state index < -0.39 is 0 Å². The first-order valence-electron chi connectivity index (χ1n) is 10.9. The number of carbonyl (C=O) groups is 2. The zero-order valence-corrected chi connectivity index (χ0v) is 18.6. The van der Waals surface area contributed by atoms with E-state index in [1.54, 1.807) is 0 Å². The molecule has 1 saturated carbocycles. The molecule has 0 radical (unpaired) electrons. The van der Waals surface area contributed by atoms with E-state index in [0.717, 1.165) is 57.3 Å². The van der Waals surface area contributed by atoms with E-state index in [1.165, 1.54) is 10.5 Å². The van der Waals surface area contributed by atoms with E-state index in [4.69, 9.17) is 0 Å². The summed E-state index contributed by atoms with van der Waals surface area (Å²) in [5, 5.41) is 10.6. The van der Waals surface area contributed by atoms with Crippen molar-refractivity contribution in [3.8, 4) is 0 Å². The number of aliphatic hydroxyl groups excluding tert-OH is 1. The topological polar surface area (TPSA) is 60.9 Å². The molecule has 2 amide bonds. The van der Waals surface area contributed by atoms with Crippen molar-refractivity contribution < 1.29 is 14.7 Å². The Kier molecular flexibility index (Phi) is 5.88. The van der Waals surface area contributed by atoms with Crippen LogP contribution in [0.2, 0.25) is 0 Å². The van der Waals surface area contributed by atoms with Crippen molar-refractivity contribution in [2.45, 2.75) is 57.0 Å². The summed E-state index contributed by atoms with van der Waals surface area (Å²) in [4.78, 5) is 29.1. The molecule has 29 heavy (non-hydrogen) atoms. The van der Waals surface area contributed by atoms with Gasteiger partial charge in [0.25, 0.3) is 0 Å². The van der Waals surface area contributed by atoms with Crippen LogP contribution in [0.25, 0.3) is 0 Å². The lowest BCUT2D eigenvalue weighted by atomic mass is 9.76. The first-order valence-corrected chi connectivity index (χ1v) is 10.9. The zero-order valence-electron chi connectivity index (χ0n) is 16.9. The van der Waals surface area contributed by atoms with Gasteiger partial charge in [-0.1, -0.05) is 37.1 Å². The molecule has 1 aromatic rings. The fourth-order valence-corrected chi connectivity index (χ4v) is 6.31. The molecule has 5 nitrogen and oxygen atoms in total. The number of imide groups is 1. The van der Waals surface area contributed by atoms with Crippen LogP contribution in [0.15, 0.2) is 24.3 Å². The maximum atomic E-state index is 12.6. The van der Waals surface area contributed by atoms with Crippen molar-refractivity contribution in [3.05, 3.63) is 35.4 Å². The number of benzene rings is 1. The van der Waals surface area contributed by atoms with Gasteiger partial charge in [0.05, 0.1) is 6.10 Å². The van der Waals surface area contributed by atoms with Crippen LogP contribution in [0, 0.1) is 11.3 Å². The van der Waals surface area contributed by atoms with E-state index in [1.807, 2.05) is 12.1 Å². The molecular weight excluding hydrogens is 432 g/mol. The maximum absolute atomic E-state index is 12.6. The molecule has 2 aliphatic heterocycles. The summed E-state index contributed by atoms with van der Waals surface area (Å²) in [6, 6.07) is 8.26. The number of hydrogen-bond acceptors (Lipinski definition) is 4. The largest absolute Gasteiger partial charge is 0.388 e. The molecule has 0 bridgehead atoms. The zero-order chi connectivity index (χ0) is 19.3. The molecule has 158 valence electrons. The Balaban J connectivity index is 0.00000205. The fraction of sp³-hybridized carbons (Fsp3) is 0.652. The van der Waals surface area contributed by atoms with Crippen molar-refractivity contribution >= 4 is 28.8 Å². The highest BCUT2D eigenvalue weighted by Gasteiger charge is 2.46. The van der Waals surface area contributed by atoms with Crippen molar-refractivity contribution in [2.24, 2.45) is 11.3 Å². The van der Waals surface area contributed by atoms with Crippen LogP contribution in [0.5, 0.6) is 0 Å². The van der Waals surface area contributed by atoms with E-state index >= 15 is 0 Å². The van der Waals surface area contributed by atoms with Gasteiger partial charge >= 0.3 is 0 Å². The second-order valence-electron chi connectivity index (χ2n) is 9.46. The molecule has 4 aliphatic rings. The van der Waals surface area contributed by atoms with Crippen molar-refractivity contribution in [3.63, 3.8) is 0 Å². The van der Waals surface area contributed by atoms with Gasteiger partial charge in [-0.15, -0.1) is 17.0 Å². The van der Waals surface area contributed by atoms with Gasteiger partial charge in [0.15, 0.2) is 0 Å². The monoisotopic (exact) mass is 462 g/mol. The number of nitrogens with zero attached hydrogens (tertiary/aromatic N) is 2. The molecule has 5 rings (SSSR count).